The van der Waals surface area contributed by atoms with Crippen molar-refractivity contribution in [3.05, 3.63) is 24.4 Å². The Morgan fingerprint density at radius 3 is 2.65 bits per heavy atom. The van der Waals surface area contributed by atoms with Gasteiger partial charge in [0.25, 0.3) is 0 Å². The summed E-state index contributed by atoms with van der Waals surface area (Å²) in [5, 5.41) is 4.15. The van der Waals surface area contributed by atoms with Gasteiger partial charge in [-0.15, -0.1) is 0 Å². The third kappa shape index (κ3) is 4.44. The second-order valence-electron chi connectivity index (χ2n) is 7.87. The Balaban J connectivity index is 1.47. The van der Waals surface area contributed by atoms with Gasteiger partial charge in [-0.3, -0.25) is 4.79 Å². The first kappa shape index (κ1) is 18.9. The van der Waals surface area contributed by atoms with Crippen LogP contribution in [0.2, 0.25) is 0 Å². The Labute approximate surface area is 161 Å². The molecular formula is C19H29N5OS. The number of rotatable bonds is 4. The van der Waals surface area contributed by atoms with Crippen LogP contribution >= 0.6 is 12.2 Å². The lowest BCUT2D eigenvalue weighted by Gasteiger charge is -2.45. The van der Waals surface area contributed by atoms with Gasteiger partial charge in [-0.1, -0.05) is 6.07 Å². The van der Waals surface area contributed by atoms with Gasteiger partial charge in [0.15, 0.2) is 5.11 Å². The predicted octanol–water partition coefficient (Wildman–Crippen LogP) is 1.87. The normalized spacial score (nSPS) is 23.0. The first-order valence-electron chi connectivity index (χ1n) is 9.38. The highest BCUT2D eigenvalue weighted by Gasteiger charge is 2.33. The average molecular weight is 376 g/mol. The molecule has 1 aromatic rings. The Morgan fingerprint density at radius 2 is 2.04 bits per heavy atom. The van der Waals surface area contributed by atoms with Crippen molar-refractivity contribution in [2.24, 2.45) is 0 Å². The molecule has 1 aromatic heterocycles. The maximum absolute atomic E-state index is 12.6. The summed E-state index contributed by atoms with van der Waals surface area (Å²) in [5.74, 6) is 1.20. The number of piperazine rings is 1. The van der Waals surface area contributed by atoms with E-state index < -0.39 is 0 Å². The number of hydrogen-bond donors (Lipinski definition) is 1. The summed E-state index contributed by atoms with van der Waals surface area (Å²) in [7, 11) is 0. The van der Waals surface area contributed by atoms with Gasteiger partial charge in [0.05, 0.1) is 0 Å². The summed E-state index contributed by atoms with van der Waals surface area (Å²) in [5.41, 5.74) is 0.0266. The maximum Gasteiger partial charge on any atom is 0.224 e. The van der Waals surface area contributed by atoms with Gasteiger partial charge < -0.3 is 20.0 Å². The lowest BCUT2D eigenvalue weighted by Crippen LogP contribution is -2.60. The van der Waals surface area contributed by atoms with Crippen LogP contribution in [0.5, 0.6) is 0 Å². The fraction of sp³-hybridized carbons (Fsp3) is 0.632. The summed E-state index contributed by atoms with van der Waals surface area (Å²) in [6, 6.07) is 6.29. The number of hydrogen-bond acceptors (Lipinski definition) is 4. The topological polar surface area (TPSA) is 51.7 Å². The smallest absolute Gasteiger partial charge is 0.224 e. The molecular weight excluding hydrogens is 346 g/mol. The van der Waals surface area contributed by atoms with Crippen molar-refractivity contribution in [3.63, 3.8) is 0 Å². The maximum atomic E-state index is 12.6. The van der Waals surface area contributed by atoms with Crippen molar-refractivity contribution in [3.8, 4) is 0 Å². The molecule has 2 fully saturated rings. The molecule has 0 aliphatic carbocycles. The second-order valence-corrected chi connectivity index (χ2v) is 8.25. The van der Waals surface area contributed by atoms with E-state index in [-0.39, 0.29) is 11.4 Å². The molecule has 3 heterocycles. The van der Waals surface area contributed by atoms with Gasteiger partial charge in [0.1, 0.15) is 5.82 Å². The van der Waals surface area contributed by atoms with Gasteiger partial charge in [0, 0.05) is 56.9 Å². The lowest BCUT2D eigenvalue weighted by atomic mass is 9.93. The van der Waals surface area contributed by atoms with Crippen LogP contribution in [0.15, 0.2) is 24.4 Å². The van der Waals surface area contributed by atoms with Crippen LogP contribution in [0.3, 0.4) is 0 Å². The first-order valence-corrected chi connectivity index (χ1v) is 9.79. The molecule has 1 N–H and O–H groups in total. The van der Waals surface area contributed by atoms with E-state index in [1.807, 2.05) is 29.3 Å². The van der Waals surface area contributed by atoms with Crippen molar-refractivity contribution >= 4 is 29.1 Å². The number of carbonyl (C=O) groups is 1. The van der Waals surface area contributed by atoms with Crippen molar-refractivity contribution < 1.29 is 4.79 Å². The quantitative estimate of drug-likeness (QED) is 0.811. The van der Waals surface area contributed by atoms with E-state index in [1.54, 1.807) is 0 Å². The summed E-state index contributed by atoms with van der Waals surface area (Å²) in [6.07, 6.45) is 3.34. The zero-order chi connectivity index (χ0) is 18.7. The highest BCUT2D eigenvalue weighted by atomic mass is 32.1. The van der Waals surface area contributed by atoms with Crippen LogP contribution in [0.4, 0.5) is 5.82 Å². The second kappa shape index (κ2) is 7.78. The molecule has 2 saturated heterocycles. The van der Waals surface area contributed by atoms with Crippen molar-refractivity contribution in [1.29, 1.82) is 0 Å². The molecule has 0 radical (unpaired) electrons. The van der Waals surface area contributed by atoms with Crippen molar-refractivity contribution in [2.75, 3.05) is 37.6 Å². The number of anilines is 1. The van der Waals surface area contributed by atoms with Crippen LogP contribution in [-0.4, -0.2) is 70.1 Å². The van der Waals surface area contributed by atoms with E-state index in [9.17, 15) is 4.79 Å². The molecule has 3 rings (SSSR count). The Hall–Kier alpha value is -1.89. The third-order valence-corrected chi connectivity index (χ3v) is 5.55. The molecule has 2 aliphatic rings. The molecule has 2 aliphatic heterocycles. The zero-order valence-electron chi connectivity index (χ0n) is 15.9. The number of pyridine rings is 1. The van der Waals surface area contributed by atoms with Crippen LogP contribution in [0, 0.1) is 0 Å². The molecule has 1 amide bonds. The molecule has 0 spiro atoms. The summed E-state index contributed by atoms with van der Waals surface area (Å²) in [6.45, 7) is 10.4. The van der Waals surface area contributed by atoms with E-state index in [1.165, 1.54) is 0 Å². The molecule has 26 heavy (non-hydrogen) atoms. The van der Waals surface area contributed by atoms with Gasteiger partial charge >= 0.3 is 0 Å². The Bertz CT molecular complexity index is 643. The molecule has 0 saturated carbocycles. The number of amides is 1. The summed E-state index contributed by atoms with van der Waals surface area (Å²) >= 11 is 5.51. The molecule has 0 bridgehead atoms. The molecule has 0 aromatic carbocycles. The average Bonchev–Trinajstić information content (AvgIpc) is 2.61. The highest BCUT2D eigenvalue weighted by Crippen LogP contribution is 2.22. The highest BCUT2D eigenvalue weighted by molar-refractivity contribution is 7.80. The molecule has 1 atom stereocenters. The fourth-order valence-electron chi connectivity index (χ4n) is 3.88. The van der Waals surface area contributed by atoms with Gasteiger partial charge in [0.2, 0.25) is 5.91 Å². The van der Waals surface area contributed by atoms with Crippen molar-refractivity contribution in [1.82, 2.24) is 20.1 Å². The van der Waals surface area contributed by atoms with Crippen LogP contribution < -0.4 is 10.2 Å². The Morgan fingerprint density at radius 1 is 1.31 bits per heavy atom. The van der Waals surface area contributed by atoms with Gasteiger partial charge in [-0.05, 0) is 51.5 Å². The van der Waals surface area contributed by atoms with Crippen LogP contribution in [-0.2, 0) is 4.79 Å². The van der Waals surface area contributed by atoms with E-state index >= 15 is 0 Å². The standard InChI is InChI=1S/C19H29N5OS/c1-15-14-19(2,3)21-18(26)24(15)9-7-17(25)23-12-10-22(11-13-23)16-6-4-5-8-20-16/h4-6,8,15H,7,9-14H2,1-3H3,(H,21,26). The molecule has 6 nitrogen and oxygen atoms in total. The third-order valence-electron chi connectivity index (χ3n) is 5.22. The van der Waals surface area contributed by atoms with Gasteiger partial charge in [-0.25, -0.2) is 4.98 Å². The van der Waals surface area contributed by atoms with E-state index in [2.05, 4.69) is 40.9 Å². The first-order chi connectivity index (χ1) is 12.4. The number of carbonyl (C=O) groups excluding carboxylic acids is 1. The fourth-order valence-corrected chi connectivity index (χ4v) is 4.43. The number of aromatic nitrogens is 1. The van der Waals surface area contributed by atoms with E-state index in [0.717, 1.165) is 43.5 Å². The summed E-state index contributed by atoms with van der Waals surface area (Å²) < 4.78 is 0. The van der Waals surface area contributed by atoms with Gasteiger partial charge in [-0.2, -0.15) is 0 Å². The number of thiocarbonyl (C=S) groups is 1. The monoisotopic (exact) mass is 375 g/mol. The van der Waals surface area contributed by atoms with Crippen LogP contribution in [0.25, 0.3) is 0 Å². The minimum atomic E-state index is 0.0266. The Kier molecular flexibility index (Phi) is 5.65. The van der Waals surface area contributed by atoms with E-state index in [0.29, 0.717) is 19.0 Å². The number of nitrogens with one attached hydrogen (secondary N) is 1. The molecule has 7 heteroatoms. The molecule has 142 valence electrons. The molecule has 1 unspecified atom stereocenters. The van der Waals surface area contributed by atoms with Crippen LogP contribution in [0.1, 0.15) is 33.6 Å². The minimum absolute atomic E-state index is 0.0266. The zero-order valence-corrected chi connectivity index (χ0v) is 16.8. The van der Waals surface area contributed by atoms with E-state index in [4.69, 9.17) is 12.2 Å². The summed E-state index contributed by atoms with van der Waals surface area (Å²) in [4.78, 5) is 23.4. The number of nitrogens with zero attached hydrogens (tertiary/aromatic N) is 4. The SMILES string of the molecule is CC1CC(C)(C)NC(=S)N1CCC(=O)N1CCN(c2ccccn2)CC1. The largest absolute Gasteiger partial charge is 0.358 e. The van der Waals surface area contributed by atoms with Crippen molar-refractivity contribution in [2.45, 2.75) is 45.2 Å². The lowest BCUT2D eigenvalue weighted by molar-refractivity contribution is -0.131. The minimum Gasteiger partial charge on any atom is -0.358 e. The predicted molar refractivity (Wildman–Crippen MR) is 108 cm³/mol.